The highest BCUT2D eigenvalue weighted by Crippen LogP contribution is 2.48. The van der Waals surface area contributed by atoms with E-state index in [1.807, 2.05) is 0 Å². The van der Waals surface area contributed by atoms with Gasteiger partial charge in [0.1, 0.15) is 22.6 Å². The van der Waals surface area contributed by atoms with Crippen molar-refractivity contribution in [1.29, 1.82) is 0 Å². The second-order valence-electron chi connectivity index (χ2n) is 11.7. The fourth-order valence-corrected chi connectivity index (χ4v) is 5.71. The van der Waals surface area contributed by atoms with Crippen molar-refractivity contribution in [2.75, 3.05) is 13.2 Å². The van der Waals surface area contributed by atoms with Crippen LogP contribution in [0, 0.1) is 12.8 Å². The zero-order chi connectivity index (χ0) is 35.3. The Morgan fingerprint density at radius 3 is 2.51 bits per heavy atom. The van der Waals surface area contributed by atoms with Crippen LogP contribution in [0.1, 0.15) is 46.9 Å². The van der Waals surface area contributed by atoms with Crippen LogP contribution < -0.4 is 30.0 Å². The lowest BCUT2D eigenvalue weighted by Gasteiger charge is -2.30. The molecule has 4 aromatic rings. The van der Waals surface area contributed by atoms with Gasteiger partial charge in [-0.25, -0.2) is 4.98 Å². The maximum atomic E-state index is 13.8. The van der Waals surface area contributed by atoms with Crippen LogP contribution in [-0.4, -0.2) is 52.7 Å². The number of aromatic nitrogens is 2. The molecule has 0 radical (unpaired) electrons. The maximum Gasteiger partial charge on any atom is 0.586 e. The van der Waals surface area contributed by atoms with Gasteiger partial charge < -0.3 is 35.1 Å². The number of hydrogen-bond donors (Lipinski definition) is 3. The van der Waals surface area contributed by atoms with Crippen LogP contribution in [0.25, 0.3) is 22.2 Å². The van der Waals surface area contributed by atoms with Gasteiger partial charge in [0.15, 0.2) is 17.2 Å². The number of ether oxygens (including phenoxy) is 4. The van der Waals surface area contributed by atoms with E-state index >= 15 is 0 Å². The molecule has 2 aromatic carbocycles. The largest absolute Gasteiger partial charge is 0.586 e. The molecule has 1 aliphatic carbocycles. The van der Waals surface area contributed by atoms with E-state index < -0.39 is 48.3 Å². The number of nitrogens with zero attached hydrogens (tertiary/aromatic N) is 2. The average Bonchev–Trinajstić information content (AvgIpc) is 3.81. The summed E-state index contributed by atoms with van der Waals surface area (Å²) < 4.78 is 86.4. The van der Waals surface area contributed by atoms with E-state index in [4.69, 9.17) is 10.5 Å². The molecule has 2 aromatic heterocycles. The lowest BCUT2D eigenvalue weighted by atomic mass is 9.90. The third kappa shape index (κ3) is 7.13. The number of alkyl halides is 5. The number of benzene rings is 2. The van der Waals surface area contributed by atoms with E-state index in [0.29, 0.717) is 18.4 Å². The quantitative estimate of drug-likeness (QED) is 0.179. The van der Waals surface area contributed by atoms with Crippen molar-refractivity contribution in [1.82, 2.24) is 15.3 Å². The van der Waals surface area contributed by atoms with Crippen LogP contribution in [0.5, 0.6) is 23.0 Å². The van der Waals surface area contributed by atoms with Gasteiger partial charge in [-0.15, -0.1) is 22.0 Å². The van der Waals surface area contributed by atoms with Crippen LogP contribution in [-0.2, 0) is 16.8 Å². The van der Waals surface area contributed by atoms with Gasteiger partial charge in [-0.05, 0) is 80.6 Å². The molecule has 0 bridgehead atoms. The number of primary amides is 1. The third-order valence-electron chi connectivity index (χ3n) is 7.97. The van der Waals surface area contributed by atoms with Gasteiger partial charge in [0.25, 0.3) is 5.91 Å². The van der Waals surface area contributed by atoms with Crippen LogP contribution in [0.3, 0.4) is 0 Å². The van der Waals surface area contributed by atoms with Gasteiger partial charge in [-0.2, -0.15) is 0 Å². The van der Waals surface area contributed by atoms with Crippen LogP contribution in [0.2, 0.25) is 0 Å². The van der Waals surface area contributed by atoms with Crippen molar-refractivity contribution in [3.63, 3.8) is 0 Å². The molecule has 0 saturated heterocycles. The summed E-state index contributed by atoms with van der Waals surface area (Å²) in [7, 11) is 0. The first-order valence-electron chi connectivity index (χ1n) is 15.1. The molecule has 1 saturated carbocycles. The summed E-state index contributed by atoms with van der Waals surface area (Å²) in [5, 5.41) is 15.0. The SMILES string of the molecule is CCOc1c(CC(N)=O)cc([C@@](O)(CNC(=O)c2cc(OC(F)(F)F)c3ncc(C)cc3c2)C2CC2)nc1-c1ccc2c(c1)OC(F)(F)O2. The van der Waals surface area contributed by atoms with Gasteiger partial charge >= 0.3 is 12.7 Å². The zero-order valence-electron chi connectivity index (χ0n) is 26.0. The van der Waals surface area contributed by atoms with Gasteiger partial charge in [0.05, 0.1) is 25.3 Å². The molecule has 2 amide bonds. The number of aliphatic hydroxyl groups is 1. The fraction of sp³-hybridized carbons (Fsp3) is 0.333. The number of aryl methyl sites for hydroxylation is 1. The van der Waals surface area contributed by atoms with Crippen molar-refractivity contribution in [3.8, 4) is 34.3 Å². The lowest BCUT2D eigenvalue weighted by Crippen LogP contribution is -2.43. The molecule has 0 unspecified atom stereocenters. The topological polar surface area (TPSA) is 155 Å². The summed E-state index contributed by atoms with van der Waals surface area (Å²) in [5.41, 5.74) is 4.54. The summed E-state index contributed by atoms with van der Waals surface area (Å²) in [6.07, 6.45) is -6.86. The predicted octanol–water partition coefficient (Wildman–Crippen LogP) is 5.28. The molecule has 16 heteroatoms. The average molecular weight is 689 g/mol. The van der Waals surface area contributed by atoms with Gasteiger partial charge in [-0.1, -0.05) is 0 Å². The number of fused-ring (bicyclic) bond motifs is 2. The van der Waals surface area contributed by atoms with Crippen molar-refractivity contribution in [2.24, 2.45) is 11.7 Å². The molecule has 1 fully saturated rings. The summed E-state index contributed by atoms with van der Waals surface area (Å²) in [6, 6.07) is 9.13. The highest BCUT2D eigenvalue weighted by molar-refractivity contribution is 6.00. The molecule has 11 nitrogen and oxygen atoms in total. The Bertz CT molecular complexity index is 1970. The smallest absolute Gasteiger partial charge is 0.491 e. The van der Waals surface area contributed by atoms with E-state index in [-0.39, 0.29) is 69.3 Å². The Labute approximate surface area is 275 Å². The number of nitrogens with one attached hydrogen (secondary N) is 1. The number of rotatable bonds is 11. The minimum atomic E-state index is -5.06. The zero-order valence-corrected chi connectivity index (χ0v) is 26.0. The van der Waals surface area contributed by atoms with Gasteiger partial charge in [-0.3, -0.25) is 14.6 Å². The predicted molar refractivity (Wildman–Crippen MR) is 162 cm³/mol. The van der Waals surface area contributed by atoms with E-state index in [2.05, 4.69) is 29.5 Å². The summed E-state index contributed by atoms with van der Waals surface area (Å²) in [5.74, 6) is -3.06. The van der Waals surface area contributed by atoms with E-state index in [9.17, 15) is 36.6 Å². The number of nitrogens with two attached hydrogens (primary N) is 1. The monoisotopic (exact) mass is 688 g/mol. The van der Waals surface area contributed by atoms with Crippen molar-refractivity contribution < 1.29 is 55.6 Å². The van der Waals surface area contributed by atoms with Crippen LogP contribution >= 0.6 is 0 Å². The molecular weight excluding hydrogens is 659 g/mol. The number of carbonyl (C=O) groups excluding carboxylic acids is 2. The molecule has 3 heterocycles. The Morgan fingerprint density at radius 2 is 1.84 bits per heavy atom. The minimum absolute atomic E-state index is 0.00688. The van der Waals surface area contributed by atoms with Crippen LogP contribution in [0.4, 0.5) is 22.0 Å². The first-order valence-corrected chi connectivity index (χ1v) is 15.1. The first-order chi connectivity index (χ1) is 23.0. The Morgan fingerprint density at radius 1 is 1.10 bits per heavy atom. The highest BCUT2D eigenvalue weighted by atomic mass is 19.4. The molecule has 49 heavy (non-hydrogen) atoms. The van der Waals surface area contributed by atoms with Crippen LogP contribution in [0.15, 0.2) is 48.7 Å². The minimum Gasteiger partial charge on any atom is -0.491 e. The highest BCUT2D eigenvalue weighted by Gasteiger charge is 2.48. The number of hydrogen-bond acceptors (Lipinski definition) is 9. The number of pyridine rings is 2. The van der Waals surface area contributed by atoms with Crippen molar-refractivity contribution in [3.05, 3.63) is 71.0 Å². The number of carbonyl (C=O) groups is 2. The molecule has 0 spiro atoms. The molecule has 258 valence electrons. The number of amides is 2. The van der Waals surface area contributed by atoms with Gasteiger partial charge in [0.2, 0.25) is 5.91 Å². The maximum absolute atomic E-state index is 13.8. The fourth-order valence-electron chi connectivity index (χ4n) is 5.71. The normalized spacial score (nSPS) is 16.2. The van der Waals surface area contributed by atoms with Crippen molar-refractivity contribution >= 4 is 22.7 Å². The number of halogens is 5. The molecular formula is C33H29F5N4O7. The molecule has 1 aliphatic heterocycles. The van der Waals surface area contributed by atoms with Crippen molar-refractivity contribution in [2.45, 2.75) is 51.4 Å². The molecule has 6 rings (SSSR count). The lowest BCUT2D eigenvalue weighted by molar-refractivity contribution is -0.286. The summed E-state index contributed by atoms with van der Waals surface area (Å²) >= 11 is 0. The Balaban J connectivity index is 1.39. The molecule has 4 N–H and O–H groups in total. The van der Waals surface area contributed by atoms with E-state index in [0.717, 1.165) is 6.07 Å². The second-order valence-corrected chi connectivity index (χ2v) is 11.7. The Hall–Kier alpha value is -5.25. The molecule has 1 atom stereocenters. The second kappa shape index (κ2) is 12.3. The van der Waals surface area contributed by atoms with E-state index in [1.165, 1.54) is 36.5 Å². The third-order valence-corrected chi connectivity index (χ3v) is 7.97. The first kappa shape index (κ1) is 33.6. The summed E-state index contributed by atoms with van der Waals surface area (Å²) in [4.78, 5) is 34.3. The van der Waals surface area contributed by atoms with Gasteiger partial charge in [0, 0.05) is 28.3 Å². The summed E-state index contributed by atoms with van der Waals surface area (Å²) in [6.45, 7) is 3.03. The van der Waals surface area contributed by atoms with E-state index in [1.54, 1.807) is 19.9 Å². The molecule has 2 aliphatic rings. The standard InChI is InChI=1S/C33H29F5N4O7/c1-3-46-29-19(13-26(39)43)12-25(42-28(29)17-4-7-22-23(10-17)49-33(37,38)48-22)31(45,21-5-6-21)15-41-30(44)20-9-18-8-16(2)14-40-27(18)24(11-20)47-32(34,35)36/h4,7-12,14,21,45H,3,5-6,13,15H2,1-2H3,(H2,39,43)(H,41,44)/t31-/m1/s1. The Kier molecular flexibility index (Phi) is 8.46.